The van der Waals surface area contributed by atoms with E-state index < -0.39 is 0 Å². The van der Waals surface area contributed by atoms with Crippen LogP contribution in [0.1, 0.15) is 24.0 Å². The molecule has 0 bridgehead atoms. The maximum Gasteiger partial charge on any atom is 0.180 e. The number of nitrogens with two attached hydrogens (primary N) is 1. The van der Waals surface area contributed by atoms with Gasteiger partial charge in [0.1, 0.15) is 10.0 Å². The Balaban J connectivity index is 2.30. The SMILES string of the molecule is CCCn1nc(C)c(N)c1Sc1nnc(C)s1. The third-order valence-corrected chi connectivity index (χ3v) is 4.27. The molecule has 2 heterocycles. The molecule has 0 aliphatic carbocycles. The second-order valence-electron chi connectivity index (χ2n) is 3.72. The molecule has 0 aliphatic heterocycles. The zero-order chi connectivity index (χ0) is 12.4. The van der Waals surface area contributed by atoms with E-state index in [1.807, 2.05) is 18.5 Å². The van der Waals surface area contributed by atoms with Gasteiger partial charge in [0.05, 0.1) is 11.4 Å². The van der Waals surface area contributed by atoms with E-state index in [2.05, 4.69) is 22.2 Å². The first-order valence-corrected chi connectivity index (χ1v) is 7.06. The molecule has 2 aromatic rings. The summed E-state index contributed by atoms with van der Waals surface area (Å²) in [6, 6.07) is 0. The lowest BCUT2D eigenvalue weighted by atomic mass is 10.4. The summed E-state index contributed by atoms with van der Waals surface area (Å²) < 4.78 is 2.86. The lowest BCUT2D eigenvalue weighted by Gasteiger charge is -2.03. The molecule has 92 valence electrons. The monoisotopic (exact) mass is 269 g/mol. The Morgan fingerprint density at radius 1 is 1.35 bits per heavy atom. The maximum absolute atomic E-state index is 6.04. The minimum Gasteiger partial charge on any atom is -0.395 e. The summed E-state index contributed by atoms with van der Waals surface area (Å²) in [5, 5.41) is 14.5. The van der Waals surface area contributed by atoms with Gasteiger partial charge in [-0.05, 0) is 32.0 Å². The van der Waals surface area contributed by atoms with E-state index >= 15 is 0 Å². The van der Waals surface area contributed by atoms with Crippen molar-refractivity contribution in [1.29, 1.82) is 0 Å². The van der Waals surface area contributed by atoms with Gasteiger partial charge in [0.15, 0.2) is 4.34 Å². The van der Waals surface area contributed by atoms with Crippen LogP contribution >= 0.6 is 23.1 Å². The number of hydrogen-bond donors (Lipinski definition) is 1. The van der Waals surface area contributed by atoms with Crippen LogP contribution in [0.3, 0.4) is 0 Å². The second kappa shape index (κ2) is 5.05. The van der Waals surface area contributed by atoms with Gasteiger partial charge in [0.2, 0.25) is 0 Å². The first-order chi connectivity index (χ1) is 8.11. The Kier molecular flexibility index (Phi) is 3.68. The van der Waals surface area contributed by atoms with Crippen molar-refractivity contribution in [3.8, 4) is 0 Å². The highest BCUT2D eigenvalue weighted by atomic mass is 32.2. The fourth-order valence-corrected chi connectivity index (χ4v) is 3.37. The van der Waals surface area contributed by atoms with Crippen LogP contribution in [0.2, 0.25) is 0 Å². The van der Waals surface area contributed by atoms with Crippen molar-refractivity contribution < 1.29 is 0 Å². The van der Waals surface area contributed by atoms with Crippen molar-refractivity contribution >= 4 is 28.8 Å². The third-order valence-electron chi connectivity index (χ3n) is 2.25. The molecule has 7 heteroatoms. The molecule has 2 rings (SSSR count). The molecular weight excluding hydrogens is 254 g/mol. The normalized spacial score (nSPS) is 11.0. The standard InChI is InChI=1S/C10H15N5S2/c1-4-5-15-9(8(11)6(2)14-15)17-10-13-12-7(3)16-10/h4-5,11H2,1-3H3. The zero-order valence-electron chi connectivity index (χ0n) is 10.1. The van der Waals surface area contributed by atoms with Crippen molar-refractivity contribution in [2.24, 2.45) is 0 Å². The molecule has 2 N–H and O–H groups in total. The van der Waals surface area contributed by atoms with E-state index in [0.29, 0.717) is 0 Å². The lowest BCUT2D eigenvalue weighted by molar-refractivity contribution is 0.556. The highest BCUT2D eigenvalue weighted by Crippen LogP contribution is 2.35. The molecule has 0 fully saturated rings. The van der Waals surface area contributed by atoms with Crippen molar-refractivity contribution in [2.45, 2.75) is 43.1 Å². The summed E-state index contributed by atoms with van der Waals surface area (Å²) in [4.78, 5) is 0. The summed E-state index contributed by atoms with van der Waals surface area (Å²) in [5.41, 5.74) is 7.66. The van der Waals surface area contributed by atoms with E-state index in [-0.39, 0.29) is 0 Å². The minimum absolute atomic E-state index is 0.747. The first-order valence-electron chi connectivity index (χ1n) is 5.42. The van der Waals surface area contributed by atoms with Crippen molar-refractivity contribution in [3.05, 3.63) is 10.7 Å². The molecule has 0 aliphatic rings. The highest BCUT2D eigenvalue weighted by molar-refractivity contribution is 8.01. The smallest absolute Gasteiger partial charge is 0.180 e. The molecule has 0 radical (unpaired) electrons. The Labute approximate surface area is 108 Å². The number of nitrogens with zero attached hydrogens (tertiary/aromatic N) is 4. The van der Waals surface area contributed by atoms with Gasteiger partial charge in [-0.2, -0.15) is 5.10 Å². The van der Waals surface area contributed by atoms with Crippen LogP contribution < -0.4 is 5.73 Å². The van der Waals surface area contributed by atoms with Gasteiger partial charge in [-0.1, -0.05) is 18.3 Å². The van der Waals surface area contributed by atoms with E-state index in [1.54, 1.807) is 23.1 Å². The Morgan fingerprint density at radius 2 is 2.12 bits per heavy atom. The predicted octanol–water partition coefficient (Wildman–Crippen LogP) is 2.49. The first kappa shape index (κ1) is 12.4. The summed E-state index contributed by atoms with van der Waals surface area (Å²) in [6.45, 7) is 6.87. The van der Waals surface area contributed by atoms with Crippen LogP contribution in [0.4, 0.5) is 5.69 Å². The van der Waals surface area contributed by atoms with E-state index in [4.69, 9.17) is 5.73 Å². The van der Waals surface area contributed by atoms with Crippen molar-refractivity contribution in [1.82, 2.24) is 20.0 Å². The average Bonchev–Trinajstić information content (AvgIpc) is 2.79. The fourth-order valence-electron chi connectivity index (χ4n) is 1.45. The molecule has 0 aromatic carbocycles. The summed E-state index contributed by atoms with van der Waals surface area (Å²) in [5.74, 6) is 0. The van der Waals surface area contributed by atoms with Gasteiger partial charge in [-0.25, -0.2) is 0 Å². The largest absolute Gasteiger partial charge is 0.395 e. The molecule has 0 unspecified atom stereocenters. The van der Waals surface area contributed by atoms with Gasteiger partial charge in [-0.3, -0.25) is 4.68 Å². The van der Waals surface area contributed by atoms with E-state index in [9.17, 15) is 0 Å². The summed E-state index contributed by atoms with van der Waals surface area (Å²) >= 11 is 3.11. The summed E-state index contributed by atoms with van der Waals surface area (Å²) in [6.07, 6.45) is 1.03. The zero-order valence-corrected chi connectivity index (χ0v) is 11.7. The van der Waals surface area contributed by atoms with E-state index in [1.165, 1.54) is 0 Å². The van der Waals surface area contributed by atoms with Gasteiger partial charge in [-0.15, -0.1) is 10.2 Å². The molecular formula is C10H15N5S2. The Bertz CT molecular complexity index is 517. The molecule has 5 nitrogen and oxygen atoms in total. The van der Waals surface area contributed by atoms with Crippen LogP contribution in [0, 0.1) is 13.8 Å². The summed E-state index contributed by atoms with van der Waals surface area (Å²) in [7, 11) is 0. The number of aryl methyl sites for hydroxylation is 3. The molecule has 17 heavy (non-hydrogen) atoms. The van der Waals surface area contributed by atoms with Gasteiger partial charge < -0.3 is 5.73 Å². The van der Waals surface area contributed by atoms with Crippen LogP contribution in [0.15, 0.2) is 9.37 Å². The van der Waals surface area contributed by atoms with Crippen molar-refractivity contribution in [2.75, 3.05) is 5.73 Å². The average molecular weight is 269 g/mol. The molecule has 0 amide bonds. The number of aromatic nitrogens is 4. The molecule has 0 saturated heterocycles. The van der Waals surface area contributed by atoms with Crippen LogP contribution in [-0.4, -0.2) is 20.0 Å². The maximum atomic E-state index is 6.04. The molecule has 0 spiro atoms. The lowest BCUT2D eigenvalue weighted by Crippen LogP contribution is -2.01. The van der Waals surface area contributed by atoms with Gasteiger partial charge >= 0.3 is 0 Å². The topological polar surface area (TPSA) is 69.6 Å². The molecule has 2 aromatic heterocycles. The van der Waals surface area contributed by atoms with Crippen LogP contribution in [0.25, 0.3) is 0 Å². The van der Waals surface area contributed by atoms with Crippen LogP contribution in [-0.2, 0) is 6.54 Å². The van der Waals surface area contributed by atoms with Crippen LogP contribution in [0.5, 0.6) is 0 Å². The van der Waals surface area contributed by atoms with Gasteiger partial charge in [0.25, 0.3) is 0 Å². The quantitative estimate of drug-likeness (QED) is 0.923. The van der Waals surface area contributed by atoms with Gasteiger partial charge in [0, 0.05) is 6.54 Å². The number of anilines is 1. The van der Waals surface area contributed by atoms with Crippen molar-refractivity contribution in [3.63, 3.8) is 0 Å². The third kappa shape index (κ3) is 2.61. The Hall–Kier alpha value is -1.08. The number of nitrogen functional groups attached to an aromatic ring is 1. The minimum atomic E-state index is 0.747. The highest BCUT2D eigenvalue weighted by Gasteiger charge is 2.15. The Morgan fingerprint density at radius 3 is 2.71 bits per heavy atom. The number of rotatable bonds is 4. The molecule has 0 saturated carbocycles. The molecule has 0 atom stereocenters. The second-order valence-corrected chi connectivity index (χ2v) is 6.13. The predicted molar refractivity (Wildman–Crippen MR) is 70.4 cm³/mol. The fraction of sp³-hybridized carbons (Fsp3) is 0.500. The van der Waals surface area contributed by atoms with E-state index in [0.717, 1.165) is 38.7 Å². The number of hydrogen-bond acceptors (Lipinski definition) is 6.